The zero-order valence-electron chi connectivity index (χ0n) is 10.9. The molecule has 114 valence electrons. The molecule has 1 aromatic carbocycles. The third-order valence-corrected chi connectivity index (χ3v) is 3.08. The average molecular weight is 302 g/mol. The van der Waals surface area contributed by atoms with Crippen LogP contribution in [-0.2, 0) is 11.2 Å². The number of nitrogens with zero attached hydrogens (tertiary/aromatic N) is 2. The van der Waals surface area contributed by atoms with Crippen LogP contribution in [0.25, 0.3) is 0 Å². The number of halogens is 3. The van der Waals surface area contributed by atoms with Gasteiger partial charge in [-0.3, -0.25) is 9.69 Å². The number of para-hydroxylation sites is 1. The molecule has 0 radical (unpaired) electrons. The van der Waals surface area contributed by atoms with Gasteiger partial charge in [-0.2, -0.15) is 13.2 Å². The Hall–Kier alpha value is -2.25. The van der Waals surface area contributed by atoms with Crippen molar-refractivity contribution in [1.29, 1.82) is 0 Å². The fourth-order valence-corrected chi connectivity index (χ4v) is 2.28. The van der Waals surface area contributed by atoms with E-state index in [1.54, 1.807) is 24.3 Å². The van der Waals surface area contributed by atoms with E-state index in [1.807, 2.05) is 0 Å². The average Bonchev–Trinajstić information content (AvgIpc) is 2.78. The van der Waals surface area contributed by atoms with Gasteiger partial charge in [0.15, 0.2) is 0 Å². The number of hydrogen-bond donors (Lipinski definition) is 1. The first-order chi connectivity index (χ1) is 9.78. The molecule has 0 saturated carbocycles. The van der Waals surface area contributed by atoms with Crippen LogP contribution in [0, 0.1) is 0 Å². The van der Waals surface area contributed by atoms with Crippen molar-refractivity contribution in [3.05, 3.63) is 29.8 Å². The third kappa shape index (κ3) is 3.65. The highest BCUT2D eigenvalue weighted by atomic mass is 19.4. The van der Waals surface area contributed by atoms with Crippen molar-refractivity contribution < 1.29 is 27.9 Å². The summed E-state index contributed by atoms with van der Waals surface area (Å²) in [7, 11) is 0. The van der Waals surface area contributed by atoms with Crippen molar-refractivity contribution in [3.8, 4) is 0 Å². The van der Waals surface area contributed by atoms with Gasteiger partial charge < -0.3 is 10.0 Å². The fraction of sp³-hybridized carbons (Fsp3) is 0.385. The number of rotatable bonds is 3. The van der Waals surface area contributed by atoms with E-state index in [0.717, 1.165) is 5.56 Å². The van der Waals surface area contributed by atoms with Crippen molar-refractivity contribution in [1.82, 2.24) is 4.90 Å². The second-order valence-electron chi connectivity index (χ2n) is 4.68. The zero-order valence-corrected chi connectivity index (χ0v) is 10.9. The van der Waals surface area contributed by atoms with Gasteiger partial charge in [-0.1, -0.05) is 18.2 Å². The van der Waals surface area contributed by atoms with Crippen molar-refractivity contribution in [2.45, 2.75) is 12.6 Å². The quantitative estimate of drug-likeness (QED) is 0.930. The predicted octanol–water partition coefficient (Wildman–Crippen LogP) is 2.12. The summed E-state index contributed by atoms with van der Waals surface area (Å²) in [5.74, 6) is -1.49. The van der Waals surface area contributed by atoms with Gasteiger partial charge >= 0.3 is 18.2 Å². The minimum absolute atomic E-state index is 0.242. The van der Waals surface area contributed by atoms with Crippen molar-refractivity contribution in [2.24, 2.45) is 0 Å². The van der Waals surface area contributed by atoms with E-state index in [2.05, 4.69) is 0 Å². The lowest BCUT2D eigenvalue weighted by molar-refractivity contribution is -0.148. The number of fused-ring (bicyclic) bond motifs is 1. The molecule has 0 fully saturated rings. The minimum atomic E-state index is -4.65. The number of urea groups is 1. The van der Waals surface area contributed by atoms with Gasteiger partial charge in [0.25, 0.3) is 0 Å². The molecule has 8 heteroatoms. The summed E-state index contributed by atoms with van der Waals surface area (Å²) in [4.78, 5) is 24.4. The molecule has 2 amide bonds. The Morgan fingerprint density at radius 3 is 2.57 bits per heavy atom. The molecular formula is C13H13F3N2O3. The topological polar surface area (TPSA) is 60.9 Å². The molecular weight excluding hydrogens is 289 g/mol. The van der Waals surface area contributed by atoms with Crippen LogP contribution in [-0.4, -0.2) is 47.8 Å². The summed E-state index contributed by atoms with van der Waals surface area (Å²) < 4.78 is 37.5. The molecule has 1 aromatic rings. The van der Waals surface area contributed by atoms with Gasteiger partial charge in [0.2, 0.25) is 0 Å². The molecule has 0 atom stereocenters. The molecule has 0 aromatic heterocycles. The van der Waals surface area contributed by atoms with Gasteiger partial charge in [-0.25, -0.2) is 4.79 Å². The Balaban J connectivity index is 2.21. The highest BCUT2D eigenvalue weighted by Gasteiger charge is 2.37. The Bertz CT molecular complexity index is 560. The number of benzene rings is 1. The number of anilines is 1. The van der Waals surface area contributed by atoms with Crippen molar-refractivity contribution in [3.63, 3.8) is 0 Å². The maximum atomic E-state index is 12.5. The Morgan fingerprint density at radius 1 is 1.29 bits per heavy atom. The summed E-state index contributed by atoms with van der Waals surface area (Å²) in [6.45, 7) is -2.33. The number of aliphatic carboxylic acids is 1. The maximum Gasteiger partial charge on any atom is 0.406 e. The highest BCUT2D eigenvalue weighted by Crippen LogP contribution is 2.29. The first kappa shape index (κ1) is 15.1. The predicted molar refractivity (Wildman–Crippen MR) is 68.2 cm³/mol. The largest absolute Gasteiger partial charge is 0.480 e. The van der Waals surface area contributed by atoms with E-state index in [4.69, 9.17) is 5.11 Å². The molecule has 0 unspecified atom stereocenters. The molecule has 0 aliphatic carbocycles. The number of carbonyl (C=O) groups excluding carboxylic acids is 1. The van der Waals surface area contributed by atoms with E-state index < -0.39 is 31.3 Å². The molecule has 1 heterocycles. The van der Waals surface area contributed by atoms with Crippen LogP contribution in [0.4, 0.5) is 23.7 Å². The first-order valence-corrected chi connectivity index (χ1v) is 6.21. The molecule has 1 aliphatic heterocycles. The molecule has 0 saturated heterocycles. The number of carboxylic acids is 1. The monoisotopic (exact) mass is 302 g/mol. The summed E-state index contributed by atoms with van der Waals surface area (Å²) in [5, 5.41) is 8.69. The van der Waals surface area contributed by atoms with Gasteiger partial charge in [0.1, 0.15) is 13.1 Å². The fourth-order valence-electron chi connectivity index (χ4n) is 2.28. The minimum Gasteiger partial charge on any atom is -0.480 e. The molecule has 5 nitrogen and oxygen atoms in total. The summed E-state index contributed by atoms with van der Waals surface area (Å²) in [6.07, 6.45) is -4.11. The number of amides is 2. The molecule has 0 spiro atoms. The molecule has 1 aliphatic rings. The van der Waals surface area contributed by atoms with E-state index >= 15 is 0 Å². The Morgan fingerprint density at radius 2 is 1.95 bits per heavy atom. The third-order valence-electron chi connectivity index (χ3n) is 3.08. The van der Waals surface area contributed by atoms with Crippen LogP contribution in [0.5, 0.6) is 0 Å². The van der Waals surface area contributed by atoms with E-state index in [0.29, 0.717) is 17.0 Å². The number of carbonyl (C=O) groups is 2. The lowest BCUT2D eigenvalue weighted by Crippen LogP contribution is -2.48. The maximum absolute atomic E-state index is 12.5. The van der Waals surface area contributed by atoms with Gasteiger partial charge in [0, 0.05) is 12.2 Å². The number of carboxylic acid groups (broad SMARTS) is 1. The van der Waals surface area contributed by atoms with Gasteiger partial charge in [-0.15, -0.1) is 0 Å². The second kappa shape index (κ2) is 5.63. The summed E-state index contributed by atoms with van der Waals surface area (Å²) >= 11 is 0. The molecule has 2 rings (SSSR count). The van der Waals surface area contributed by atoms with Crippen LogP contribution in [0.2, 0.25) is 0 Å². The normalized spacial score (nSPS) is 14.0. The summed E-state index contributed by atoms with van der Waals surface area (Å²) in [6, 6.07) is 5.92. The van der Waals surface area contributed by atoms with Crippen LogP contribution in [0.1, 0.15) is 5.56 Å². The molecule has 21 heavy (non-hydrogen) atoms. The Kier molecular flexibility index (Phi) is 4.06. The highest BCUT2D eigenvalue weighted by molar-refractivity contribution is 5.95. The lowest BCUT2D eigenvalue weighted by atomic mass is 10.2. The standard InChI is InChI=1S/C13H13F3N2O3/c14-13(15,16)8-17(7-11(19)20)12(21)18-6-5-9-3-1-2-4-10(9)18/h1-4H,5-8H2,(H,19,20). The zero-order chi connectivity index (χ0) is 15.6. The molecule has 1 N–H and O–H groups in total. The van der Waals surface area contributed by atoms with E-state index in [9.17, 15) is 22.8 Å². The SMILES string of the molecule is O=C(O)CN(CC(F)(F)F)C(=O)N1CCc2ccccc21. The van der Waals surface area contributed by atoms with Crippen LogP contribution < -0.4 is 4.90 Å². The number of alkyl halides is 3. The smallest absolute Gasteiger partial charge is 0.406 e. The Labute approximate surface area is 118 Å². The second-order valence-corrected chi connectivity index (χ2v) is 4.68. The number of hydrogen-bond acceptors (Lipinski definition) is 2. The van der Waals surface area contributed by atoms with E-state index in [1.165, 1.54) is 4.90 Å². The van der Waals surface area contributed by atoms with Crippen LogP contribution in [0.3, 0.4) is 0 Å². The van der Waals surface area contributed by atoms with Crippen LogP contribution in [0.15, 0.2) is 24.3 Å². The molecule has 0 bridgehead atoms. The van der Waals surface area contributed by atoms with Crippen molar-refractivity contribution in [2.75, 3.05) is 24.5 Å². The van der Waals surface area contributed by atoms with Gasteiger partial charge in [-0.05, 0) is 18.1 Å². The lowest BCUT2D eigenvalue weighted by Gasteiger charge is -2.27. The summed E-state index contributed by atoms with van der Waals surface area (Å²) in [5.41, 5.74) is 1.38. The van der Waals surface area contributed by atoms with Crippen LogP contribution >= 0.6 is 0 Å². The van der Waals surface area contributed by atoms with Gasteiger partial charge in [0.05, 0.1) is 0 Å². The van der Waals surface area contributed by atoms with E-state index in [-0.39, 0.29) is 6.54 Å². The first-order valence-electron chi connectivity index (χ1n) is 6.21. The van der Waals surface area contributed by atoms with Crippen molar-refractivity contribution >= 4 is 17.7 Å².